The van der Waals surface area contributed by atoms with Gasteiger partial charge in [-0.2, -0.15) is 0 Å². The number of hydrogen-bond acceptors (Lipinski definition) is 11. The Kier molecular flexibility index (Phi) is 12.2. The lowest BCUT2D eigenvalue weighted by Gasteiger charge is -2.45. The van der Waals surface area contributed by atoms with Crippen LogP contribution in [0.1, 0.15) is 73.5 Å². The summed E-state index contributed by atoms with van der Waals surface area (Å²) >= 11 is 0. The summed E-state index contributed by atoms with van der Waals surface area (Å²) < 4.78 is 36.7. The van der Waals surface area contributed by atoms with Crippen molar-refractivity contribution < 1.29 is 52.4 Å². The van der Waals surface area contributed by atoms with Crippen LogP contribution in [0.4, 0.5) is 0 Å². The summed E-state index contributed by atoms with van der Waals surface area (Å²) in [6.45, 7) is -0.470. The number of ketones is 1. The molecular weight excluding hydrogens is 668 g/mol. The van der Waals surface area contributed by atoms with Gasteiger partial charge < -0.3 is 28.4 Å². The third-order valence-electron chi connectivity index (χ3n) is 8.75. The largest absolute Gasteiger partial charge is 0.459 e. The van der Waals surface area contributed by atoms with Gasteiger partial charge in [0.05, 0.1) is 28.4 Å². The lowest BCUT2D eigenvalue weighted by molar-refractivity contribution is -0.308. The van der Waals surface area contributed by atoms with E-state index in [1.807, 2.05) is 0 Å². The molecule has 1 saturated carbocycles. The van der Waals surface area contributed by atoms with E-state index < -0.39 is 67.3 Å². The Labute approximate surface area is 300 Å². The van der Waals surface area contributed by atoms with Crippen LogP contribution in [0.3, 0.4) is 0 Å². The molecular formula is C41H38O11. The standard InChI is InChI=1S/C41H38O11/c42-31-23-13-14-24-32(25-31)48-41-36(52-40(46)30-21-11-4-12-22-30)35(51-39(45)29-19-9-3-10-20-29)34(50-38(44)28-17-7-2-8-18-28)33(49-41)26-47-37(43)27-15-5-1-6-16-27/h1-12,15-22,32-36,41H,13-14,23-26H2/t32?,33-,34+,35+,36-,41-/m1/s1. The van der Waals surface area contributed by atoms with Gasteiger partial charge in [0.15, 0.2) is 24.6 Å². The van der Waals surface area contributed by atoms with E-state index in [0.29, 0.717) is 25.7 Å². The fourth-order valence-electron chi connectivity index (χ4n) is 6.09. The molecule has 0 spiro atoms. The van der Waals surface area contributed by atoms with E-state index in [2.05, 4.69) is 0 Å². The predicted octanol–water partition coefficient (Wildman–Crippen LogP) is 6.16. The smallest absolute Gasteiger partial charge is 0.338 e. The van der Waals surface area contributed by atoms with Gasteiger partial charge in [0, 0.05) is 12.8 Å². The van der Waals surface area contributed by atoms with Gasteiger partial charge in [-0.1, -0.05) is 79.2 Å². The first kappa shape index (κ1) is 36.2. The van der Waals surface area contributed by atoms with E-state index in [-0.39, 0.29) is 34.5 Å². The molecule has 6 atom stereocenters. The maximum atomic E-state index is 13.7. The summed E-state index contributed by atoms with van der Waals surface area (Å²) in [5.74, 6) is -3.07. The monoisotopic (exact) mass is 706 g/mol. The van der Waals surface area contributed by atoms with Crippen LogP contribution in [-0.4, -0.2) is 73.1 Å². The highest BCUT2D eigenvalue weighted by Crippen LogP contribution is 2.33. The molecule has 1 aliphatic carbocycles. The fourth-order valence-corrected chi connectivity index (χ4v) is 6.09. The number of ether oxygens (including phenoxy) is 6. The third kappa shape index (κ3) is 9.36. The van der Waals surface area contributed by atoms with Crippen molar-refractivity contribution in [1.29, 1.82) is 0 Å². The van der Waals surface area contributed by atoms with Crippen molar-refractivity contribution in [1.82, 2.24) is 0 Å². The quantitative estimate of drug-likeness (QED) is 0.101. The number of esters is 4. The first-order valence-corrected chi connectivity index (χ1v) is 17.2. The van der Waals surface area contributed by atoms with Crippen LogP contribution >= 0.6 is 0 Å². The van der Waals surface area contributed by atoms with Crippen LogP contribution in [-0.2, 0) is 33.2 Å². The molecule has 2 aliphatic rings. The highest BCUT2D eigenvalue weighted by molar-refractivity contribution is 5.91. The molecule has 2 fully saturated rings. The number of rotatable bonds is 11. The zero-order chi connectivity index (χ0) is 36.3. The first-order valence-electron chi connectivity index (χ1n) is 17.2. The van der Waals surface area contributed by atoms with Gasteiger partial charge in [-0.15, -0.1) is 0 Å². The Balaban J connectivity index is 1.40. The van der Waals surface area contributed by atoms with Crippen LogP contribution < -0.4 is 0 Å². The lowest BCUT2D eigenvalue weighted by atomic mass is 9.97. The van der Waals surface area contributed by atoms with Crippen molar-refractivity contribution in [3.8, 4) is 0 Å². The Hall–Kier alpha value is -5.65. The van der Waals surface area contributed by atoms with Crippen LogP contribution in [0.15, 0.2) is 121 Å². The van der Waals surface area contributed by atoms with Crippen molar-refractivity contribution in [3.05, 3.63) is 144 Å². The SMILES string of the molecule is O=C1CCCCC(O[C@@H]2O[C@H](COC(=O)c3ccccc3)[C@H](OC(=O)c3ccccc3)[C@H](OC(=O)c3ccccc3)[C@H]2OC(=O)c2ccccc2)C1. The van der Waals surface area contributed by atoms with Crippen molar-refractivity contribution in [2.45, 2.75) is 68.9 Å². The van der Waals surface area contributed by atoms with Gasteiger partial charge in [-0.05, 0) is 61.4 Å². The van der Waals surface area contributed by atoms with E-state index in [4.69, 9.17) is 28.4 Å². The Bertz CT molecular complexity index is 1810. The number of carbonyl (C=O) groups is 5. The fraction of sp³-hybridized carbons (Fsp3) is 0.293. The molecule has 52 heavy (non-hydrogen) atoms. The zero-order valence-corrected chi connectivity index (χ0v) is 28.2. The average Bonchev–Trinajstić information content (AvgIpc) is 3.40. The molecule has 0 amide bonds. The molecule has 0 radical (unpaired) electrons. The molecule has 0 N–H and O–H groups in total. The number of hydrogen-bond donors (Lipinski definition) is 0. The minimum atomic E-state index is -1.53. The molecule has 4 aromatic carbocycles. The Morgan fingerprint density at radius 2 is 1.00 bits per heavy atom. The van der Waals surface area contributed by atoms with E-state index in [0.717, 1.165) is 0 Å². The predicted molar refractivity (Wildman–Crippen MR) is 185 cm³/mol. The van der Waals surface area contributed by atoms with Crippen LogP contribution in [0.2, 0.25) is 0 Å². The first-order chi connectivity index (χ1) is 25.4. The van der Waals surface area contributed by atoms with Crippen LogP contribution in [0.25, 0.3) is 0 Å². The second-order valence-electron chi connectivity index (χ2n) is 12.5. The molecule has 268 valence electrons. The van der Waals surface area contributed by atoms with Gasteiger partial charge in [-0.3, -0.25) is 4.79 Å². The molecule has 0 aromatic heterocycles. The molecule has 0 bridgehead atoms. The van der Waals surface area contributed by atoms with E-state index in [9.17, 15) is 24.0 Å². The minimum absolute atomic E-state index is 0.00574. The molecule has 1 heterocycles. The third-order valence-corrected chi connectivity index (χ3v) is 8.75. The molecule has 4 aromatic rings. The summed E-state index contributed by atoms with van der Waals surface area (Å²) in [5, 5.41) is 0. The molecule has 11 nitrogen and oxygen atoms in total. The second kappa shape index (κ2) is 17.5. The summed E-state index contributed by atoms with van der Waals surface area (Å²) in [4.78, 5) is 66.8. The lowest BCUT2D eigenvalue weighted by Crippen LogP contribution is -2.63. The summed E-state index contributed by atoms with van der Waals surface area (Å²) in [5.41, 5.74) is 0.816. The highest BCUT2D eigenvalue weighted by Gasteiger charge is 2.54. The highest BCUT2D eigenvalue weighted by atomic mass is 16.7. The topological polar surface area (TPSA) is 141 Å². The Morgan fingerprint density at radius 1 is 0.558 bits per heavy atom. The van der Waals surface area contributed by atoms with Gasteiger partial charge in [0.1, 0.15) is 18.5 Å². The number of Topliss-reactive ketones (excluding diaryl/α,β-unsaturated/α-hetero) is 1. The maximum absolute atomic E-state index is 13.7. The summed E-state index contributed by atoms with van der Waals surface area (Å²) in [6.07, 6.45) is -5.45. The van der Waals surface area contributed by atoms with Crippen molar-refractivity contribution >= 4 is 29.7 Å². The average molecular weight is 707 g/mol. The van der Waals surface area contributed by atoms with Crippen molar-refractivity contribution in [3.63, 3.8) is 0 Å². The number of carbonyl (C=O) groups excluding carboxylic acids is 5. The van der Waals surface area contributed by atoms with E-state index in [1.54, 1.807) is 121 Å². The van der Waals surface area contributed by atoms with Crippen molar-refractivity contribution in [2.75, 3.05) is 6.61 Å². The second-order valence-corrected chi connectivity index (χ2v) is 12.5. The van der Waals surface area contributed by atoms with Crippen LogP contribution in [0, 0.1) is 0 Å². The molecule has 11 heteroatoms. The van der Waals surface area contributed by atoms with Gasteiger partial charge in [0.25, 0.3) is 0 Å². The van der Waals surface area contributed by atoms with Gasteiger partial charge in [-0.25, -0.2) is 19.2 Å². The van der Waals surface area contributed by atoms with Crippen LogP contribution in [0.5, 0.6) is 0 Å². The summed E-state index contributed by atoms with van der Waals surface area (Å²) in [7, 11) is 0. The van der Waals surface area contributed by atoms with Gasteiger partial charge in [0.2, 0.25) is 0 Å². The molecule has 1 saturated heterocycles. The zero-order valence-electron chi connectivity index (χ0n) is 28.2. The minimum Gasteiger partial charge on any atom is -0.459 e. The molecule has 1 unspecified atom stereocenters. The normalized spacial score (nSPS) is 23.0. The molecule has 1 aliphatic heterocycles. The number of benzene rings is 4. The molecule has 6 rings (SSSR count). The van der Waals surface area contributed by atoms with Crippen molar-refractivity contribution in [2.24, 2.45) is 0 Å². The summed E-state index contributed by atoms with van der Waals surface area (Å²) in [6, 6.07) is 32.7. The van der Waals surface area contributed by atoms with Gasteiger partial charge >= 0.3 is 23.9 Å². The van der Waals surface area contributed by atoms with E-state index in [1.165, 1.54) is 0 Å². The maximum Gasteiger partial charge on any atom is 0.338 e. The van der Waals surface area contributed by atoms with E-state index >= 15 is 0 Å². The Morgan fingerprint density at radius 3 is 1.50 bits per heavy atom.